The Bertz CT molecular complexity index is 520. The number of hydrogen-bond acceptors (Lipinski definition) is 2. The van der Waals surface area contributed by atoms with E-state index < -0.39 is 0 Å². The minimum atomic E-state index is 0.0690. The van der Waals surface area contributed by atoms with Crippen molar-refractivity contribution in [2.24, 2.45) is 5.92 Å². The van der Waals surface area contributed by atoms with Gasteiger partial charge in [-0.05, 0) is 29.5 Å². The van der Waals surface area contributed by atoms with Crippen LogP contribution in [0.2, 0.25) is 0 Å². The van der Waals surface area contributed by atoms with E-state index in [4.69, 9.17) is 0 Å². The molecule has 0 amide bonds. The highest BCUT2D eigenvalue weighted by Crippen LogP contribution is 2.27. The topological polar surface area (TPSA) is 17.1 Å². The van der Waals surface area contributed by atoms with Gasteiger partial charge in [-0.3, -0.25) is 4.79 Å². The van der Waals surface area contributed by atoms with Gasteiger partial charge in [0.25, 0.3) is 0 Å². The first-order chi connectivity index (χ1) is 9.08. The van der Waals surface area contributed by atoms with Crippen LogP contribution in [-0.2, 0) is 0 Å². The van der Waals surface area contributed by atoms with E-state index in [2.05, 4.69) is 36.6 Å². The molecule has 2 aromatic rings. The van der Waals surface area contributed by atoms with Crippen LogP contribution < -0.4 is 0 Å². The molecular formula is C17H22OS. The molecule has 0 aliphatic heterocycles. The molecule has 1 heterocycles. The monoisotopic (exact) mass is 274 g/mol. The van der Waals surface area contributed by atoms with Gasteiger partial charge in [0.2, 0.25) is 0 Å². The summed E-state index contributed by atoms with van der Waals surface area (Å²) in [6, 6.07) is 10.4. The zero-order chi connectivity index (χ0) is 14.4. The van der Waals surface area contributed by atoms with E-state index in [0.29, 0.717) is 0 Å². The number of Topliss-reactive ketones (excluding diaryl/α,β-unsaturated/α-hetero) is 1. The van der Waals surface area contributed by atoms with Crippen LogP contribution in [0.3, 0.4) is 0 Å². The average Bonchev–Trinajstić information content (AvgIpc) is 2.90. The second-order valence-electron chi connectivity index (χ2n) is 4.58. The highest BCUT2D eigenvalue weighted by molar-refractivity contribution is 7.12. The molecule has 0 unspecified atom stereocenters. The first-order valence-corrected chi connectivity index (χ1v) is 7.65. The fraction of sp³-hybridized carbons (Fsp3) is 0.353. The zero-order valence-electron chi connectivity index (χ0n) is 12.4. The smallest absolute Gasteiger partial charge is 0.175 e. The summed E-state index contributed by atoms with van der Waals surface area (Å²) < 4.78 is 0. The molecule has 0 saturated carbocycles. The summed E-state index contributed by atoms with van der Waals surface area (Å²) >= 11 is 1.54. The van der Waals surface area contributed by atoms with Gasteiger partial charge in [0.1, 0.15) is 0 Å². The van der Waals surface area contributed by atoms with Crippen molar-refractivity contribution in [1.29, 1.82) is 0 Å². The van der Waals surface area contributed by atoms with E-state index in [-0.39, 0.29) is 11.7 Å². The highest BCUT2D eigenvalue weighted by Gasteiger charge is 2.13. The SMILES string of the molecule is CC.Cc1ccc(-c2csc(C(=O)C(C)C)c2)cc1. The molecule has 2 heteroatoms. The molecule has 0 aliphatic carbocycles. The Morgan fingerprint density at radius 2 is 1.63 bits per heavy atom. The number of aryl methyl sites for hydroxylation is 1. The molecule has 0 spiro atoms. The van der Waals surface area contributed by atoms with E-state index >= 15 is 0 Å². The van der Waals surface area contributed by atoms with Crippen LogP contribution in [0.1, 0.15) is 42.9 Å². The molecule has 1 aromatic carbocycles. The lowest BCUT2D eigenvalue weighted by Crippen LogP contribution is -2.04. The van der Waals surface area contributed by atoms with E-state index in [1.54, 1.807) is 0 Å². The Balaban J connectivity index is 0.000000861. The number of hydrogen-bond donors (Lipinski definition) is 0. The molecule has 0 radical (unpaired) electrons. The third-order valence-corrected chi connectivity index (χ3v) is 3.70. The van der Waals surface area contributed by atoms with Crippen molar-refractivity contribution in [1.82, 2.24) is 0 Å². The molecule has 2 rings (SSSR count). The van der Waals surface area contributed by atoms with Crippen LogP contribution >= 0.6 is 11.3 Å². The van der Waals surface area contributed by atoms with Crippen molar-refractivity contribution in [2.75, 3.05) is 0 Å². The molecular weight excluding hydrogens is 252 g/mol. The number of carbonyl (C=O) groups is 1. The molecule has 0 fully saturated rings. The summed E-state index contributed by atoms with van der Waals surface area (Å²) in [7, 11) is 0. The van der Waals surface area contributed by atoms with Crippen molar-refractivity contribution in [3.63, 3.8) is 0 Å². The first kappa shape index (κ1) is 15.6. The molecule has 0 saturated heterocycles. The second-order valence-corrected chi connectivity index (χ2v) is 5.50. The third-order valence-electron chi connectivity index (χ3n) is 2.75. The Kier molecular flexibility index (Phi) is 5.97. The maximum Gasteiger partial charge on any atom is 0.175 e. The summed E-state index contributed by atoms with van der Waals surface area (Å²) in [5.41, 5.74) is 3.57. The van der Waals surface area contributed by atoms with Crippen molar-refractivity contribution < 1.29 is 4.79 Å². The lowest BCUT2D eigenvalue weighted by Gasteiger charge is -2.00. The Morgan fingerprint density at radius 3 is 2.16 bits per heavy atom. The summed E-state index contributed by atoms with van der Waals surface area (Å²) in [5.74, 6) is 0.299. The number of thiophene rings is 1. The van der Waals surface area contributed by atoms with Crippen LogP contribution in [0.4, 0.5) is 0 Å². The molecule has 0 aliphatic rings. The van der Waals surface area contributed by atoms with Crippen LogP contribution in [-0.4, -0.2) is 5.78 Å². The highest BCUT2D eigenvalue weighted by atomic mass is 32.1. The second kappa shape index (κ2) is 7.25. The van der Waals surface area contributed by atoms with Gasteiger partial charge in [-0.1, -0.05) is 57.5 Å². The van der Waals surface area contributed by atoms with Gasteiger partial charge >= 0.3 is 0 Å². The lowest BCUT2D eigenvalue weighted by molar-refractivity contribution is 0.0943. The minimum Gasteiger partial charge on any atom is -0.293 e. The molecule has 0 bridgehead atoms. The Labute approximate surface area is 120 Å². The molecule has 1 aromatic heterocycles. The van der Waals surface area contributed by atoms with Gasteiger partial charge < -0.3 is 0 Å². The first-order valence-electron chi connectivity index (χ1n) is 6.77. The standard InChI is InChI=1S/C15H16OS.C2H6/c1-10(2)15(16)14-8-13(9-17-14)12-6-4-11(3)5-7-12;1-2/h4-10H,1-3H3;1-2H3. The molecule has 0 atom stereocenters. The van der Waals surface area contributed by atoms with Crippen molar-refractivity contribution in [3.8, 4) is 11.1 Å². The van der Waals surface area contributed by atoms with Gasteiger partial charge in [0.05, 0.1) is 4.88 Å². The fourth-order valence-electron chi connectivity index (χ4n) is 1.65. The summed E-state index contributed by atoms with van der Waals surface area (Å²) in [6.07, 6.45) is 0. The van der Waals surface area contributed by atoms with Crippen molar-refractivity contribution in [3.05, 3.63) is 46.2 Å². The fourth-order valence-corrected chi connectivity index (χ4v) is 2.65. The summed E-state index contributed by atoms with van der Waals surface area (Å²) in [6.45, 7) is 9.95. The maximum atomic E-state index is 11.9. The predicted octanol–water partition coefficient (Wildman–Crippen LogP) is 5.59. The van der Waals surface area contributed by atoms with Gasteiger partial charge in [-0.2, -0.15) is 0 Å². The number of ketones is 1. The minimum absolute atomic E-state index is 0.0690. The number of rotatable bonds is 3. The third kappa shape index (κ3) is 4.03. The molecule has 102 valence electrons. The van der Waals surface area contributed by atoms with Crippen molar-refractivity contribution in [2.45, 2.75) is 34.6 Å². The lowest BCUT2D eigenvalue weighted by atomic mass is 10.0. The van der Waals surface area contributed by atoms with E-state index in [0.717, 1.165) is 10.4 Å². The summed E-state index contributed by atoms with van der Waals surface area (Å²) in [4.78, 5) is 12.7. The van der Waals surface area contributed by atoms with E-state index in [1.807, 2.05) is 33.8 Å². The van der Waals surface area contributed by atoms with Crippen LogP contribution in [0, 0.1) is 12.8 Å². The van der Waals surface area contributed by atoms with Gasteiger partial charge in [0.15, 0.2) is 5.78 Å². The number of benzene rings is 1. The molecule has 0 N–H and O–H groups in total. The van der Waals surface area contributed by atoms with Crippen LogP contribution in [0.5, 0.6) is 0 Å². The van der Waals surface area contributed by atoms with Gasteiger partial charge in [-0.25, -0.2) is 0 Å². The predicted molar refractivity (Wildman–Crippen MR) is 85.0 cm³/mol. The largest absolute Gasteiger partial charge is 0.293 e. The quantitative estimate of drug-likeness (QED) is 0.667. The normalized spacial score (nSPS) is 10.0. The van der Waals surface area contributed by atoms with E-state index in [1.165, 1.54) is 22.5 Å². The van der Waals surface area contributed by atoms with Crippen LogP contribution in [0.25, 0.3) is 11.1 Å². The zero-order valence-corrected chi connectivity index (χ0v) is 13.2. The van der Waals surface area contributed by atoms with Gasteiger partial charge in [0, 0.05) is 5.92 Å². The Hall–Kier alpha value is -1.41. The van der Waals surface area contributed by atoms with Gasteiger partial charge in [-0.15, -0.1) is 11.3 Å². The average molecular weight is 274 g/mol. The molecule has 1 nitrogen and oxygen atoms in total. The van der Waals surface area contributed by atoms with Crippen molar-refractivity contribution >= 4 is 17.1 Å². The van der Waals surface area contributed by atoms with Crippen LogP contribution in [0.15, 0.2) is 35.7 Å². The van der Waals surface area contributed by atoms with E-state index in [9.17, 15) is 4.79 Å². The molecule has 19 heavy (non-hydrogen) atoms. The summed E-state index contributed by atoms with van der Waals surface area (Å²) in [5, 5.41) is 2.06. The maximum absolute atomic E-state index is 11.9. The number of carbonyl (C=O) groups excluding carboxylic acids is 1. The Morgan fingerprint density at radius 1 is 1.05 bits per heavy atom.